The Hall–Kier alpha value is -4.52. The molecule has 1 aliphatic carbocycles. The standard InChI is InChI=1S/C35H37Cl2FN6O5/c1-19-10-13-27(44-16-14-43(15-17-44)21(3)45)28(19)33(49-6)39-20(2)22-8-7-9-23(30(22)36)29-25(38)11-12-26(31(29)37)40-32(46)24-18-41(4)35(48)42(5)34(24)47/h7-9,11-12,18,27H,2,10,13-17H2,1,3-6H3,(H,40,46). The van der Waals surface area contributed by atoms with Crippen molar-refractivity contribution < 1.29 is 18.7 Å². The molecule has 0 bridgehead atoms. The van der Waals surface area contributed by atoms with Gasteiger partial charge in [0.25, 0.3) is 11.5 Å². The second-order valence-corrected chi connectivity index (χ2v) is 12.8. The number of hydrogen-bond acceptors (Lipinski definition) is 7. The van der Waals surface area contributed by atoms with Gasteiger partial charge in [0, 0.05) is 81.7 Å². The van der Waals surface area contributed by atoms with Gasteiger partial charge in [0.05, 0.1) is 28.5 Å². The van der Waals surface area contributed by atoms with E-state index in [1.54, 1.807) is 32.2 Å². The number of piperazine rings is 1. The Balaban J connectivity index is 1.45. The van der Waals surface area contributed by atoms with Crippen molar-refractivity contribution >= 4 is 52.3 Å². The van der Waals surface area contributed by atoms with Crippen molar-refractivity contribution in [3.05, 3.63) is 102 Å². The molecule has 5 rings (SSSR count). The Bertz CT molecular complexity index is 2040. The van der Waals surface area contributed by atoms with Crippen molar-refractivity contribution in [2.45, 2.75) is 32.7 Å². The Morgan fingerprint density at radius 3 is 2.39 bits per heavy atom. The van der Waals surface area contributed by atoms with Crippen LogP contribution in [0.5, 0.6) is 0 Å². The third-order valence-corrected chi connectivity index (χ3v) is 9.86. The molecule has 1 aliphatic heterocycles. The van der Waals surface area contributed by atoms with Crippen LogP contribution in [0, 0.1) is 5.82 Å². The van der Waals surface area contributed by atoms with E-state index in [4.69, 9.17) is 32.9 Å². The van der Waals surface area contributed by atoms with E-state index >= 15 is 4.39 Å². The fourth-order valence-corrected chi connectivity index (χ4v) is 6.98. The molecule has 0 radical (unpaired) electrons. The van der Waals surface area contributed by atoms with Crippen LogP contribution in [-0.4, -0.2) is 76.0 Å². The Labute approximate surface area is 292 Å². The third-order valence-electron chi connectivity index (χ3n) is 9.06. The Kier molecular flexibility index (Phi) is 10.6. The predicted molar refractivity (Wildman–Crippen MR) is 190 cm³/mol. The Morgan fingerprint density at radius 1 is 1.04 bits per heavy atom. The van der Waals surface area contributed by atoms with Crippen molar-refractivity contribution in [1.29, 1.82) is 0 Å². The highest BCUT2D eigenvalue weighted by Gasteiger charge is 2.35. The molecule has 2 aliphatic rings. The van der Waals surface area contributed by atoms with Crippen LogP contribution < -0.4 is 16.6 Å². The number of aliphatic imine (C=N–C) groups is 1. The average molecular weight is 712 g/mol. The number of nitrogens with zero attached hydrogens (tertiary/aromatic N) is 5. The van der Waals surface area contributed by atoms with Gasteiger partial charge >= 0.3 is 5.69 Å². The summed E-state index contributed by atoms with van der Waals surface area (Å²) in [5.74, 6) is -1.07. The number of hydrogen-bond donors (Lipinski definition) is 1. The summed E-state index contributed by atoms with van der Waals surface area (Å²) < 4.78 is 23.2. The van der Waals surface area contributed by atoms with E-state index in [0.717, 1.165) is 58.5 Å². The van der Waals surface area contributed by atoms with E-state index in [1.165, 1.54) is 20.2 Å². The molecule has 1 aromatic heterocycles. The summed E-state index contributed by atoms with van der Waals surface area (Å²) in [7, 11) is 4.22. The average Bonchev–Trinajstić information content (AvgIpc) is 3.46. The highest BCUT2D eigenvalue weighted by Crippen LogP contribution is 2.42. The maximum absolute atomic E-state index is 15.5. The first-order valence-electron chi connectivity index (χ1n) is 15.6. The molecule has 1 atom stereocenters. The maximum atomic E-state index is 15.5. The van der Waals surface area contributed by atoms with E-state index in [1.807, 2.05) is 4.90 Å². The van der Waals surface area contributed by atoms with Crippen molar-refractivity contribution in [3.8, 4) is 11.1 Å². The van der Waals surface area contributed by atoms with Gasteiger partial charge in [-0.2, -0.15) is 0 Å². The second kappa shape index (κ2) is 14.5. The molecule has 1 saturated heterocycles. The van der Waals surface area contributed by atoms with Crippen LogP contribution in [0.3, 0.4) is 0 Å². The highest BCUT2D eigenvalue weighted by molar-refractivity contribution is 6.39. The summed E-state index contributed by atoms with van der Waals surface area (Å²) >= 11 is 13.6. The summed E-state index contributed by atoms with van der Waals surface area (Å²) in [6, 6.07) is 7.40. The molecule has 11 nitrogen and oxygen atoms in total. The molecule has 2 heterocycles. The van der Waals surface area contributed by atoms with E-state index in [9.17, 15) is 19.2 Å². The zero-order valence-corrected chi connectivity index (χ0v) is 29.4. The fourth-order valence-electron chi connectivity index (χ4n) is 6.35. The number of rotatable bonds is 7. The number of halogens is 3. The lowest BCUT2D eigenvalue weighted by molar-refractivity contribution is -0.130. The summed E-state index contributed by atoms with van der Waals surface area (Å²) in [4.78, 5) is 58.6. The molecule has 2 amide bonds. The minimum Gasteiger partial charge on any atom is -0.481 e. The van der Waals surface area contributed by atoms with Gasteiger partial charge < -0.3 is 19.5 Å². The Morgan fingerprint density at radius 2 is 1.73 bits per heavy atom. The maximum Gasteiger partial charge on any atom is 0.330 e. The first-order chi connectivity index (χ1) is 23.2. The van der Waals surface area contributed by atoms with Gasteiger partial charge in [0.1, 0.15) is 11.4 Å². The molecular formula is C35H37Cl2FN6O5. The van der Waals surface area contributed by atoms with Gasteiger partial charge in [0.2, 0.25) is 11.8 Å². The predicted octanol–water partition coefficient (Wildman–Crippen LogP) is 5.11. The van der Waals surface area contributed by atoms with Gasteiger partial charge in [-0.25, -0.2) is 14.2 Å². The largest absolute Gasteiger partial charge is 0.481 e. The van der Waals surface area contributed by atoms with E-state index in [2.05, 4.69) is 23.7 Å². The molecule has 1 fully saturated rings. The quantitative estimate of drug-likeness (QED) is 0.269. The molecule has 2 aromatic carbocycles. The molecule has 0 saturated carbocycles. The number of amides is 2. The zero-order valence-electron chi connectivity index (χ0n) is 27.9. The van der Waals surface area contributed by atoms with Crippen molar-refractivity contribution in [2.75, 3.05) is 38.6 Å². The van der Waals surface area contributed by atoms with Crippen LogP contribution in [0.1, 0.15) is 42.6 Å². The van der Waals surface area contributed by atoms with E-state index in [-0.39, 0.29) is 50.1 Å². The summed E-state index contributed by atoms with van der Waals surface area (Å²) in [6.07, 6.45) is 2.90. The number of benzene rings is 2. The van der Waals surface area contributed by atoms with Crippen LogP contribution in [0.25, 0.3) is 16.8 Å². The first-order valence-corrected chi connectivity index (χ1v) is 16.4. The minimum atomic E-state index is -0.833. The molecular weight excluding hydrogens is 674 g/mol. The number of anilines is 1. The van der Waals surface area contributed by atoms with Crippen LogP contribution in [-0.2, 0) is 23.6 Å². The van der Waals surface area contributed by atoms with Crippen molar-refractivity contribution in [2.24, 2.45) is 19.1 Å². The monoisotopic (exact) mass is 710 g/mol. The number of carbonyl (C=O) groups is 2. The van der Waals surface area contributed by atoms with Gasteiger partial charge in [-0.3, -0.25) is 23.9 Å². The smallest absolute Gasteiger partial charge is 0.330 e. The van der Waals surface area contributed by atoms with E-state index < -0.39 is 23.0 Å². The lowest BCUT2D eigenvalue weighted by Gasteiger charge is -2.38. The van der Waals surface area contributed by atoms with Gasteiger partial charge in [-0.05, 0) is 31.9 Å². The van der Waals surface area contributed by atoms with E-state index in [0.29, 0.717) is 24.6 Å². The number of carbonyl (C=O) groups excluding carboxylic acids is 2. The van der Waals surface area contributed by atoms with Gasteiger partial charge in [-0.15, -0.1) is 0 Å². The molecule has 0 spiro atoms. The topological polar surface area (TPSA) is 118 Å². The van der Waals surface area contributed by atoms with Crippen LogP contribution in [0.4, 0.5) is 10.1 Å². The molecule has 3 aromatic rings. The molecule has 14 heteroatoms. The highest BCUT2D eigenvalue weighted by atomic mass is 35.5. The zero-order chi connectivity index (χ0) is 35.7. The van der Waals surface area contributed by atoms with Crippen molar-refractivity contribution in [1.82, 2.24) is 18.9 Å². The van der Waals surface area contributed by atoms with Crippen LogP contribution in [0.15, 0.2) is 68.8 Å². The lowest BCUT2D eigenvalue weighted by atomic mass is 10.00. The van der Waals surface area contributed by atoms with Crippen molar-refractivity contribution in [3.63, 3.8) is 0 Å². The van der Waals surface area contributed by atoms with Gasteiger partial charge in [-0.1, -0.05) is 53.6 Å². The normalized spacial score (nSPS) is 17.0. The number of ether oxygens (including phenoxy) is 1. The molecule has 1 N–H and O–H groups in total. The first kappa shape index (κ1) is 35.8. The summed E-state index contributed by atoms with van der Waals surface area (Å²) in [5.41, 5.74) is 1.29. The summed E-state index contributed by atoms with van der Waals surface area (Å²) in [6.45, 7) is 10.6. The lowest BCUT2D eigenvalue weighted by Crippen LogP contribution is -2.52. The number of aryl methyl sites for hydroxylation is 1. The fraction of sp³-hybridized carbons (Fsp3) is 0.343. The molecule has 1 unspecified atom stereocenters. The van der Waals surface area contributed by atoms with Crippen LogP contribution >= 0.6 is 23.2 Å². The minimum absolute atomic E-state index is 0.0257. The van der Waals surface area contributed by atoms with Crippen LogP contribution in [0.2, 0.25) is 10.0 Å². The van der Waals surface area contributed by atoms with Gasteiger partial charge in [0.15, 0.2) is 0 Å². The second-order valence-electron chi connectivity index (χ2n) is 12.1. The number of allylic oxidation sites excluding steroid dienone is 1. The third kappa shape index (κ3) is 6.99. The number of methoxy groups -OCH3 is 1. The SMILES string of the molecule is C=C(N=C(OC)C1=C(C)CCC1N1CCN(C(C)=O)CC1)c1cccc(-c2c(F)ccc(NC(=O)c3cn(C)c(=O)n(C)c3=O)c2Cl)c1Cl. The summed E-state index contributed by atoms with van der Waals surface area (Å²) in [5, 5.41) is 2.52. The number of aromatic nitrogens is 2. The molecule has 258 valence electrons. The number of nitrogens with one attached hydrogen (secondary N) is 1. The molecule has 49 heavy (non-hydrogen) atoms.